The van der Waals surface area contributed by atoms with Gasteiger partial charge in [0.05, 0.1) is 6.26 Å². The molecule has 0 aliphatic carbocycles. The average Bonchev–Trinajstić information content (AvgIpc) is 3.15. The molecular weight excluding hydrogens is 354 g/mol. The number of carbonyl (C=O) groups is 3. The molecule has 0 atom stereocenters. The lowest BCUT2D eigenvalue weighted by atomic mass is 10.0. The van der Waals surface area contributed by atoms with E-state index in [-0.39, 0.29) is 22.6 Å². The highest BCUT2D eigenvalue weighted by atomic mass is 32.1. The van der Waals surface area contributed by atoms with Gasteiger partial charge in [-0.15, -0.1) is 0 Å². The van der Waals surface area contributed by atoms with Crippen molar-refractivity contribution >= 4 is 34.9 Å². The maximum Gasteiger partial charge on any atom is 0.293 e. The van der Waals surface area contributed by atoms with Gasteiger partial charge in [-0.25, -0.2) is 0 Å². The minimum Gasteiger partial charge on any atom is -0.459 e. The summed E-state index contributed by atoms with van der Waals surface area (Å²) >= 11 is 4.93. The van der Waals surface area contributed by atoms with Crippen LogP contribution in [0.15, 0.2) is 47.1 Å². The van der Waals surface area contributed by atoms with Gasteiger partial charge in [0, 0.05) is 17.9 Å². The predicted octanol–water partition coefficient (Wildman–Crippen LogP) is 2.00. The number of ketones is 1. The van der Waals surface area contributed by atoms with E-state index in [0.29, 0.717) is 12.0 Å². The summed E-state index contributed by atoms with van der Waals surface area (Å²) in [5.74, 6) is -0.740. The molecule has 8 heteroatoms. The van der Waals surface area contributed by atoms with Crippen LogP contribution in [0.2, 0.25) is 0 Å². The second-order valence-corrected chi connectivity index (χ2v) is 6.24. The van der Waals surface area contributed by atoms with Crippen LogP contribution in [0.25, 0.3) is 0 Å². The van der Waals surface area contributed by atoms with Gasteiger partial charge in [-0.05, 0) is 42.0 Å². The molecular formula is C18H19N3O4S. The van der Waals surface area contributed by atoms with Gasteiger partial charge in [0.1, 0.15) is 5.78 Å². The van der Waals surface area contributed by atoms with Crippen molar-refractivity contribution in [1.82, 2.24) is 16.2 Å². The second kappa shape index (κ2) is 8.91. The summed E-state index contributed by atoms with van der Waals surface area (Å²) in [6.45, 7) is 3.70. The zero-order valence-electron chi connectivity index (χ0n) is 14.4. The average molecular weight is 373 g/mol. The monoisotopic (exact) mass is 373 g/mol. The van der Waals surface area contributed by atoms with Crippen molar-refractivity contribution in [2.45, 2.75) is 20.3 Å². The number of hydrogen-bond donors (Lipinski definition) is 3. The first-order chi connectivity index (χ1) is 12.4. The van der Waals surface area contributed by atoms with Gasteiger partial charge >= 0.3 is 0 Å². The quantitative estimate of drug-likeness (QED) is 0.547. The third-order valence-corrected chi connectivity index (χ3v) is 3.70. The number of benzene rings is 1. The molecule has 0 saturated heterocycles. The van der Waals surface area contributed by atoms with Crippen LogP contribution in [0.4, 0.5) is 0 Å². The smallest absolute Gasteiger partial charge is 0.293 e. The Labute approximate surface area is 156 Å². The van der Waals surface area contributed by atoms with E-state index in [1.165, 1.54) is 12.3 Å². The van der Waals surface area contributed by atoms with Crippen molar-refractivity contribution in [3.8, 4) is 0 Å². The lowest BCUT2D eigenvalue weighted by Crippen LogP contribution is -2.48. The molecule has 26 heavy (non-hydrogen) atoms. The van der Waals surface area contributed by atoms with Crippen LogP contribution in [-0.2, 0) is 11.2 Å². The molecule has 1 aromatic carbocycles. The summed E-state index contributed by atoms with van der Waals surface area (Å²) in [7, 11) is 0. The molecule has 0 spiro atoms. The molecule has 0 saturated carbocycles. The fourth-order valence-electron chi connectivity index (χ4n) is 1.97. The van der Waals surface area contributed by atoms with Gasteiger partial charge in [-0.1, -0.05) is 26.0 Å². The van der Waals surface area contributed by atoms with Crippen LogP contribution < -0.4 is 16.2 Å². The second-order valence-electron chi connectivity index (χ2n) is 5.83. The van der Waals surface area contributed by atoms with Crippen molar-refractivity contribution in [2.24, 2.45) is 5.92 Å². The number of rotatable bonds is 5. The fourth-order valence-corrected chi connectivity index (χ4v) is 2.11. The standard InChI is InChI=1S/C18H19N3O4S/c1-11(2)14(22)10-12-5-7-13(8-6-12)16(23)20-21-18(26)19-17(24)15-4-3-9-25-15/h3-9,11H,10H2,1-2H3,(H,20,23)(H2,19,21,24,26). The Morgan fingerprint density at radius 1 is 1.04 bits per heavy atom. The molecule has 3 N–H and O–H groups in total. The van der Waals surface area contributed by atoms with Crippen LogP contribution in [0.5, 0.6) is 0 Å². The zero-order valence-corrected chi connectivity index (χ0v) is 15.2. The van der Waals surface area contributed by atoms with Gasteiger partial charge in [0.15, 0.2) is 10.9 Å². The third-order valence-electron chi connectivity index (χ3n) is 3.50. The molecule has 1 heterocycles. The lowest BCUT2D eigenvalue weighted by molar-refractivity contribution is -0.121. The number of furan rings is 1. The first kappa shape index (κ1) is 19.3. The highest BCUT2D eigenvalue weighted by Crippen LogP contribution is 2.08. The number of hydrogen-bond acceptors (Lipinski definition) is 5. The summed E-state index contributed by atoms with van der Waals surface area (Å²) in [6.07, 6.45) is 1.70. The highest BCUT2D eigenvalue weighted by molar-refractivity contribution is 7.80. The molecule has 2 aromatic rings. The van der Waals surface area contributed by atoms with Crippen LogP contribution >= 0.6 is 12.2 Å². The van der Waals surface area contributed by atoms with Gasteiger partial charge in [0.25, 0.3) is 11.8 Å². The fraction of sp³-hybridized carbons (Fsp3) is 0.222. The summed E-state index contributed by atoms with van der Waals surface area (Å²) in [5, 5.41) is 2.30. The molecule has 7 nitrogen and oxygen atoms in total. The van der Waals surface area contributed by atoms with Crippen molar-refractivity contribution < 1.29 is 18.8 Å². The van der Waals surface area contributed by atoms with E-state index < -0.39 is 11.8 Å². The largest absolute Gasteiger partial charge is 0.459 e. The lowest BCUT2D eigenvalue weighted by Gasteiger charge is -2.10. The molecule has 0 radical (unpaired) electrons. The zero-order chi connectivity index (χ0) is 19.1. The minimum atomic E-state index is -0.527. The van der Waals surface area contributed by atoms with Crippen molar-refractivity contribution in [3.05, 3.63) is 59.5 Å². The summed E-state index contributed by atoms with van der Waals surface area (Å²) in [5.41, 5.74) is 6.05. The van der Waals surface area contributed by atoms with E-state index in [1.54, 1.807) is 30.3 Å². The van der Waals surface area contributed by atoms with Gasteiger partial charge in [-0.2, -0.15) is 0 Å². The van der Waals surface area contributed by atoms with Gasteiger partial charge in [-0.3, -0.25) is 30.6 Å². The van der Waals surface area contributed by atoms with E-state index in [4.69, 9.17) is 16.6 Å². The van der Waals surface area contributed by atoms with Gasteiger partial charge < -0.3 is 4.42 Å². The van der Waals surface area contributed by atoms with Crippen LogP contribution in [0.1, 0.15) is 40.3 Å². The van der Waals surface area contributed by atoms with E-state index >= 15 is 0 Å². The molecule has 0 bridgehead atoms. The first-order valence-electron chi connectivity index (χ1n) is 7.93. The Kier molecular flexibility index (Phi) is 6.62. The predicted molar refractivity (Wildman–Crippen MR) is 99.4 cm³/mol. The third kappa shape index (κ3) is 5.52. The number of hydrazine groups is 1. The summed E-state index contributed by atoms with van der Waals surface area (Å²) in [6, 6.07) is 9.75. The SMILES string of the molecule is CC(C)C(=O)Cc1ccc(C(=O)NNC(=S)NC(=O)c2ccco2)cc1. The topological polar surface area (TPSA) is 100 Å². The number of carbonyl (C=O) groups excluding carboxylic acids is 3. The normalized spacial score (nSPS) is 10.3. The maximum atomic E-state index is 12.1. The molecule has 0 aliphatic heterocycles. The molecule has 2 amide bonds. The Balaban J connectivity index is 1.82. The summed E-state index contributed by atoms with van der Waals surface area (Å²) in [4.78, 5) is 35.5. The highest BCUT2D eigenvalue weighted by Gasteiger charge is 2.12. The van der Waals surface area contributed by atoms with Crippen LogP contribution in [0.3, 0.4) is 0 Å². The van der Waals surface area contributed by atoms with E-state index in [0.717, 1.165) is 5.56 Å². The maximum absolute atomic E-state index is 12.1. The van der Waals surface area contributed by atoms with E-state index in [2.05, 4.69) is 16.2 Å². The number of Topliss-reactive ketones (excluding diaryl/α,β-unsaturated/α-hetero) is 1. The summed E-state index contributed by atoms with van der Waals surface area (Å²) < 4.78 is 4.93. The van der Waals surface area contributed by atoms with Crippen molar-refractivity contribution in [3.63, 3.8) is 0 Å². The molecule has 1 aromatic heterocycles. The van der Waals surface area contributed by atoms with Crippen molar-refractivity contribution in [1.29, 1.82) is 0 Å². The molecule has 0 unspecified atom stereocenters. The number of thiocarbonyl (C=S) groups is 1. The van der Waals surface area contributed by atoms with E-state index in [1.807, 2.05) is 13.8 Å². The molecule has 0 aliphatic rings. The van der Waals surface area contributed by atoms with Crippen LogP contribution in [-0.4, -0.2) is 22.7 Å². The Hall–Kier alpha value is -3.00. The Bertz CT molecular complexity index is 798. The Morgan fingerprint density at radius 2 is 1.73 bits per heavy atom. The van der Waals surface area contributed by atoms with Gasteiger partial charge in [0.2, 0.25) is 0 Å². The molecule has 136 valence electrons. The number of amides is 2. The first-order valence-corrected chi connectivity index (χ1v) is 8.34. The van der Waals surface area contributed by atoms with E-state index in [9.17, 15) is 14.4 Å². The number of nitrogens with one attached hydrogen (secondary N) is 3. The molecule has 0 fully saturated rings. The van der Waals surface area contributed by atoms with Crippen LogP contribution in [0, 0.1) is 5.92 Å². The minimum absolute atomic E-state index is 0.0282. The van der Waals surface area contributed by atoms with Crippen molar-refractivity contribution in [2.75, 3.05) is 0 Å². The Morgan fingerprint density at radius 3 is 2.31 bits per heavy atom. The molecule has 2 rings (SSSR count).